The van der Waals surface area contributed by atoms with Gasteiger partial charge in [0.2, 0.25) is 0 Å². The first-order valence-corrected chi connectivity index (χ1v) is 8.25. The smallest absolute Gasteiger partial charge is 0.270 e. The molecule has 0 spiro atoms. The number of rotatable bonds is 6. The molecule has 5 nitrogen and oxygen atoms in total. The zero-order chi connectivity index (χ0) is 18.4. The van der Waals surface area contributed by atoms with Gasteiger partial charge in [-0.2, -0.15) is 0 Å². The molecule has 0 radical (unpaired) electrons. The van der Waals surface area contributed by atoms with Crippen molar-refractivity contribution in [2.75, 3.05) is 5.32 Å². The fourth-order valence-corrected chi connectivity index (χ4v) is 2.45. The van der Waals surface area contributed by atoms with Crippen LogP contribution in [0.2, 0.25) is 0 Å². The van der Waals surface area contributed by atoms with Crippen molar-refractivity contribution < 1.29 is 9.18 Å². The van der Waals surface area contributed by atoms with Gasteiger partial charge < -0.3 is 10.6 Å². The highest BCUT2D eigenvalue weighted by Crippen LogP contribution is 2.10. The molecule has 26 heavy (non-hydrogen) atoms. The number of aromatic nitrogens is 2. The third-order valence-corrected chi connectivity index (χ3v) is 3.99. The normalized spacial score (nSPS) is 10.4. The van der Waals surface area contributed by atoms with E-state index in [0.29, 0.717) is 18.9 Å². The van der Waals surface area contributed by atoms with Crippen molar-refractivity contribution in [3.63, 3.8) is 0 Å². The molecule has 6 heteroatoms. The summed E-state index contributed by atoms with van der Waals surface area (Å²) in [5, 5.41) is 5.97. The Labute approximate surface area is 151 Å². The summed E-state index contributed by atoms with van der Waals surface area (Å²) in [5.41, 5.74) is 3.38. The number of nitrogens with zero attached hydrogens (tertiary/aromatic N) is 2. The Balaban J connectivity index is 1.60. The van der Waals surface area contributed by atoms with Crippen molar-refractivity contribution in [1.29, 1.82) is 0 Å². The van der Waals surface area contributed by atoms with Crippen molar-refractivity contribution in [1.82, 2.24) is 15.3 Å². The highest BCUT2D eigenvalue weighted by Gasteiger charge is 2.09. The molecule has 2 aromatic carbocycles. The number of carbonyl (C=O) groups is 1. The molecule has 0 atom stereocenters. The Morgan fingerprint density at radius 1 is 1.04 bits per heavy atom. The quantitative estimate of drug-likeness (QED) is 0.714. The third kappa shape index (κ3) is 4.63. The van der Waals surface area contributed by atoms with Crippen LogP contribution in [-0.2, 0) is 13.1 Å². The summed E-state index contributed by atoms with van der Waals surface area (Å²) in [6.07, 6.45) is 1.34. The summed E-state index contributed by atoms with van der Waals surface area (Å²) >= 11 is 0. The maximum absolute atomic E-state index is 12.9. The zero-order valence-corrected chi connectivity index (χ0v) is 14.4. The second-order valence-electron chi connectivity index (χ2n) is 5.88. The number of halogens is 1. The molecule has 0 saturated carbocycles. The minimum absolute atomic E-state index is 0.263. The molecule has 3 aromatic rings. The van der Waals surface area contributed by atoms with Crippen LogP contribution in [0.1, 0.15) is 27.2 Å². The summed E-state index contributed by atoms with van der Waals surface area (Å²) in [6, 6.07) is 15.7. The standard InChI is InChI=1S/C20H19FN4O/c1-14-4-2-3-5-16(14)12-23-20(26)18-10-19(25-13-24-18)22-11-15-6-8-17(21)9-7-15/h2-10,13H,11-12H2,1H3,(H,23,26)(H,22,24,25). The van der Waals surface area contributed by atoms with E-state index < -0.39 is 0 Å². The van der Waals surface area contributed by atoms with Gasteiger partial charge in [0, 0.05) is 19.2 Å². The fraction of sp³-hybridized carbons (Fsp3) is 0.150. The first-order chi connectivity index (χ1) is 12.6. The van der Waals surface area contributed by atoms with Crippen LogP contribution in [-0.4, -0.2) is 15.9 Å². The Bertz CT molecular complexity index is 896. The van der Waals surface area contributed by atoms with Crippen LogP contribution in [0.4, 0.5) is 10.2 Å². The SMILES string of the molecule is Cc1ccccc1CNC(=O)c1cc(NCc2ccc(F)cc2)ncn1. The minimum Gasteiger partial charge on any atom is -0.366 e. The van der Waals surface area contributed by atoms with Crippen molar-refractivity contribution >= 4 is 11.7 Å². The van der Waals surface area contributed by atoms with Crippen LogP contribution in [0, 0.1) is 12.7 Å². The molecule has 0 bridgehead atoms. The summed E-state index contributed by atoms with van der Waals surface area (Å²) < 4.78 is 12.9. The van der Waals surface area contributed by atoms with E-state index in [2.05, 4.69) is 20.6 Å². The van der Waals surface area contributed by atoms with Gasteiger partial charge in [0.05, 0.1) is 0 Å². The largest absolute Gasteiger partial charge is 0.366 e. The predicted molar refractivity (Wildman–Crippen MR) is 98.1 cm³/mol. The molecule has 0 aliphatic heterocycles. The Hall–Kier alpha value is -3.28. The van der Waals surface area contributed by atoms with E-state index in [1.165, 1.54) is 18.5 Å². The Morgan fingerprint density at radius 2 is 1.81 bits per heavy atom. The molecular weight excluding hydrogens is 331 g/mol. The number of hydrogen-bond donors (Lipinski definition) is 2. The van der Waals surface area contributed by atoms with Gasteiger partial charge in [0.25, 0.3) is 5.91 Å². The van der Waals surface area contributed by atoms with E-state index in [1.807, 2.05) is 31.2 Å². The molecule has 2 N–H and O–H groups in total. The first kappa shape index (κ1) is 17.5. The number of benzene rings is 2. The molecule has 0 unspecified atom stereocenters. The van der Waals surface area contributed by atoms with Crippen LogP contribution in [0.25, 0.3) is 0 Å². The zero-order valence-electron chi connectivity index (χ0n) is 14.4. The lowest BCUT2D eigenvalue weighted by molar-refractivity contribution is 0.0945. The van der Waals surface area contributed by atoms with Gasteiger partial charge in [-0.15, -0.1) is 0 Å². The Morgan fingerprint density at radius 3 is 2.58 bits per heavy atom. The lowest BCUT2D eigenvalue weighted by atomic mass is 10.1. The van der Waals surface area contributed by atoms with Gasteiger partial charge in [0.1, 0.15) is 23.7 Å². The molecule has 0 aliphatic carbocycles. The van der Waals surface area contributed by atoms with Gasteiger partial charge in [-0.25, -0.2) is 14.4 Å². The lowest BCUT2D eigenvalue weighted by Crippen LogP contribution is -2.24. The molecule has 3 rings (SSSR count). The monoisotopic (exact) mass is 350 g/mol. The van der Waals surface area contributed by atoms with E-state index in [4.69, 9.17) is 0 Å². The maximum atomic E-state index is 12.9. The molecule has 1 amide bonds. The molecule has 0 aliphatic rings. The maximum Gasteiger partial charge on any atom is 0.270 e. The van der Waals surface area contributed by atoms with Crippen LogP contribution in [0.5, 0.6) is 0 Å². The van der Waals surface area contributed by atoms with E-state index in [0.717, 1.165) is 16.7 Å². The van der Waals surface area contributed by atoms with Gasteiger partial charge in [0.15, 0.2) is 0 Å². The first-order valence-electron chi connectivity index (χ1n) is 8.25. The summed E-state index contributed by atoms with van der Waals surface area (Å²) in [7, 11) is 0. The number of amides is 1. The molecule has 0 saturated heterocycles. The van der Waals surface area contributed by atoms with Crippen LogP contribution < -0.4 is 10.6 Å². The summed E-state index contributed by atoms with van der Waals surface area (Å²) in [6.45, 7) is 2.92. The van der Waals surface area contributed by atoms with E-state index in [1.54, 1.807) is 18.2 Å². The van der Waals surface area contributed by atoms with Crippen LogP contribution >= 0.6 is 0 Å². The number of aryl methyl sites for hydroxylation is 1. The van der Waals surface area contributed by atoms with Gasteiger partial charge in [-0.05, 0) is 35.7 Å². The predicted octanol–water partition coefficient (Wildman–Crippen LogP) is 3.47. The van der Waals surface area contributed by atoms with Crippen molar-refractivity contribution in [2.24, 2.45) is 0 Å². The van der Waals surface area contributed by atoms with Gasteiger partial charge >= 0.3 is 0 Å². The van der Waals surface area contributed by atoms with Crippen molar-refractivity contribution in [2.45, 2.75) is 20.0 Å². The topological polar surface area (TPSA) is 66.9 Å². The number of hydrogen-bond acceptors (Lipinski definition) is 4. The molecule has 1 aromatic heterocycles. The van der Waals surface area contributed by atoms with Crippen LogP contribution in [0.15, 0.2) is 60.9 Å². The Kier molecular flexibility index (Phi) is 5.53. The van der Waals surface area contributed by atoms with E-state index in [9.17, 15) is 9.18 Å². The number of carbonyl (C=O) groups excluding carboxylic acids is 1. The average Bonchev–Trinajstić information content (AvgIpc) is 2.67. The second-order valence-corrected chi connectivity index (χ2v) is 5.88. The summed E-state index contributed by atoms with van der Waals surface area (Å²) in [4.78, 5) is 20.5. The number of nitrogens with one attached hydrogen (secondary N) is 2. The molecule has 1 heterocycles. The second kappa shape index (κ2) is 8.20. The lowest BCUT2D eigenvalue weighted by Gasteiger charge is -2.09. The third-order valence-electron chi connectivity index (χ3n) is 3.99. The molecule has 132 valence electrons. The highest BCUT2D eigenvalue weighted by atomic mass is 19.1. The van der Waals surface area contributed by atoms with E-state index >= 15 is 0 Å². The van der Waals surface area contributed by atoms with Gasteiger partial charge in [-0.1, -0.05) is 36.4 Å². The van der Waals surface area contributed by atoms with Crippen molar-refractivity contribution in [3.8, 4) is 0 Å². The number of anilines is 1. The van der Waals surface area contributed by atoms with Crippen LogP contribution in [0.3, 0.4) is 0 Å². The van der Waals surface area contributed by atoms with Crippen molar-refractivity contribution in [3.05, 3.63) is 89.1 Å². The minimum atomic E-state index is -0.275. The summed E-state index contributed by atoms with van der Waals surface area (Å²) in [5.74, 6) is -0.00533. The fourth-order valence-electron chi connectivity index (χ4n) is 2.45. The average molecular weight is 350 g/mol. The highest BCUT2D eigenvalue weighted by molar-refractivity contribution is 5.92. The molecule has 0 fully saturated rings. The molecular formula is C20H19FN4O. The van der Waals surface area contributed by atoms with E-state index in [-0.39, 0.29) is 17.4 Å². The van der Waals surface area contributed by atoms with Gasteiger partial charge in [-0.3, -0.25) is 4.79 Å².